The summed E-state index contributed by atoms with van der Waals surface area (Å²) in [6.45, 7) is 3.52. The monoisotopic (exact) mass is 270 g/mol. The van der Waals surface area contributed by atoms with Crippen LogP contribution in [0.15, 0.2) is 42.9 Å². The van der Waals surface area contributed by atoms with Crippen molar-refractivity contribution in [2.24, 2.45) is 0 Å². The molecule has 20 heavy (non-hydrogen) atoms. The third-order valence-corrected chi connectivity index (χ3v) is 3.44. The van der Waals surface area contributed by atoms with Crippen LogP contribution in [0.5, 0.6) is 0 Å². The van der Waals surface area contributed by atoms with Gasteiger partial charge in [-0.15, -0.1) is 0 Å². The van der Waals surface area contributed by atoms with E-state index in [1.807, 2.05) is 23.0 Å². The van der Waals surface area contributed by atoms with Crippen LogP contribution in [0.2, 0.25) is 0 Å². The molecule has 0 saturated heterocycles. The fourth-order valence-electron chi connectivity index (χ4n) is 2.44. The number of benzene rings is 1. The molecule has 0 radical (unpaired) electrons. The Morgan fingerprint density at radius 3 is 2.85 bits per heavy atom. The van der Waals surface area contributed by atoms with E-state index >= 15 is 0 Å². The zero-order valence-corrected chi connectivity index (χ0v) is 11.1. The molecule has 0 bridgehead atoms. The molecule has 3 aromatic rings. The fourth-order valence-corrected chi connectivity index (χ4v) is 2.44. The maximum absolute atomic E-state index is 11.0. The minimum Gasteiger partial charge on any atom is -0.340 e. The summed E-state index contributed by atoms with van der Waals surface area (Å²) in [6, 6.07) is 6.91. The van der Waals surface area contributed by atoms with E-state index in [0.29, 0.717) is 11.9 Å². The topological polar surface area (TPSA) is 65.9 Å². The van der Waals surface area contributed by atoms with Gasteiger partial charge in [0.15, 0.2) is 0 Å². The van der Waals surface area contributed by atoms with Gasteiger partial charge in [0.1, 0.15) is 5.82 Å². The number of aryl methyl sites for hydroxylation is 1. The molecule has 0 atom stereocenters. The summed E-state index contributed by atoms with van der Waals surface area (Å²) in [4.78, 5) is 15.0. The van der Waals surface area contributed by atoms with Crippen LogP contribution in [0, 0.1) is 10.1 Å². The summed E-state index contributed by atoms with van der Waals surface area (Å²) < 4.78 is 4.04. The molecule has 0 amide bonds. The van der Waals surface area contributed by atoms with Crippen molar-refractivity contribution in [2.75, 3.05) is 0 Å². The van der Waals surface area contributed by atoms with Crippen LogP contribution in [-0.4, -0.2) is 19.0 Å². The smallest absolute Gasteiger partial charge is 0.278 e. The molecule has 0 aliphatic carbocycles. The molecule has 3 rings (SSSR count). The van der Waals surface area contributed by atoms with Crippen LogP contribution >= 0.6 is 0 Å². The quantitative estimate of drug-likeness (QED) is 0.541. The highest BCUT2D eigenvalue weighted by atomic mass is 16.6. The fraction of sp³-hybridized carbons (Fsp3) is 0.214. The van der Waals surface area contributed by atoms with Crippen molar-refractivity contribution in [3.63, 3.8) is 0 Å². The number of nitrogens with zero attached hydrogens (tertiary/aromatic N) is 4. The third-order valence-electron chi connectivity index (χ3n) is 3.44. The predicted octanol–water partition coefficient (Wildman–Crippen LogP) is 2.81. The molecular formula is C14H14N4O2. The van der Waals surface area contributed by atoms with Gasteiger partial charge in [-0.25, -0.2) is 4.98 Å². The van der Waals surface area contributed by atoms with Crippen LogP contribution in [0.3, 0.4) is 0 Å². The molecule has 0 aliphatic heterocycles. The Kier molecular flexibility index (Phi) is 2.98. The largest absolute Gasteiger partial charge is 0.340 e. The molecule has 1 aromatic carbocycles. The van der Waals surface area contributed by atoms with Gasteiger partial charge in [0.05, 0.1) is 22.4 Å². The molecule has 0 unspecified atom stereocenters. The van der Waals surface area contributed by atoms with E-state index < -0.39 is 0 Å². The Bertz CT molecular complexity index is 772. The molecule has 0 N–H and O–H groups in total. The van der Waals surface area contributed by atoms with Gasteiger partial charge < -0.3 is 9.13 Å². The lowest BCUT2D eigenvalue weighted by molar-refractivity contribution is -0.383. The number of nitro groups is 1. The Morgan fingerprint density at radius 1 is 1.25 bits per heavy atom. The third kappa shape index (κ3) is 1.95. The Hall–Kier alpha value is -2.63. The summed E-state index contributed by atoms with van der Waals surface area (Å²) >= 11 is 0. The van der Waals surface area contributed by atoms with Crippen molar-refractivity contribution in [3.05, 3.63) is 58.8 Å². The van der Waals surface area contributed by atoms with E-state index in [1.165, 1.54) is 6.07 Å². The van der Waals surface area contributed by atoms with Crippen LogP contribution in [0.25, 0.3) is 10.9 Å². The molecule has 2 heterocycles. The molecule has 0 saturated carbocycles. The van der Waals surface area contributed by atoms with Crippen molar-refractivity contribution >= 4 is 16.6 Å². The first-order valence-electron chi connectivity index (χ1n) is 6.43. The lowest BCUT2D eigenvalue weighted by Crippen LogP contribution is -2.06. The second kappa shape index (κ2) is 4.80. The molecule has 0 spiro atoms. The van der Waals surface area contributed by atoms with Gasteiger partial charge in [-0.2, -0.15) is 0 Å². The minimum absolute atomic E-state index is 0.139. The average molecular weight is 270 g/mol. The van der Waals surface area contributed by atoms with Crippen molar-refractivity contribution in [3.8, 4) is 0 Å². The van der Waals surface area contributed by atoms with Crippen LogP contribution in [0.1, 0.15) is 12.7 Å². The van der Waals surface area contributed by atoms with Crippen molar-refractivity contribution < 1.29 is 4.92 Å². The second-order valence-electron chi connectivity index (χ2n) is 4.54. The Morgan fingerprint density at radius 2 is 2.10 bits per heavy atom. The number of aromatic nitrogens is 3. The van der Waals surface area contributed by atoms with Crippen LogP contribution < -0.4 is 0 Å². The van der Waals surface area contributed by atoms with Crippen LogP contribution in [-0.2, 0) is 13.1 Å². The van der Waals surface area contributed by atoms with E-state index in [2.05, 4.69) is 16.5 Å². The number of hydrogen-bond donors (Lipinski definition) is 0. The first-order valence-corrected chi connectivity index (χ1v) is 6.43. The molecular weight excluding hydrogens is 256 g/mol. The van der Waals surface area contributed by atoms with Crippen molar-refractivity contribution in [1.82, 2.24) is 14.1 Å². The molecule has 2 aromatic heterocycles. The first-order chi connectivity index (χ1) is 9.70. The lowest BCUT2D eigenvalue weighted by atomic mass is 10.2. The number of rotatable bonds is 4. The first kappa shape index (κ1) is 12.4. The van der Waals surface area contributed by atoms with Gasteiger partial charge in [0.25, 0.3) is 5.69 Å². The van der Waals surface area contributed by atoms with E-state index in [4.69, 9.17) is 0 Å². The van der Waals surface area contributed by atoms with E-state index in [1.54, 1.807) is 18.3 Å². The number of hydrogen-bond acceptors (Lipinski definition) is 3. The van der Waals surface area contributed by atoms with E-state index in [-0.39, 0.29) is 10.6 Å². The summed E-state index contributed by atoms with van der Waals surface area (Å²) in [5.74, 6) is 0.941. The van der Waals surface area contributed by atoms with Gasteiger partial charge in [-0.05, 0) is 19.1 Å². The van der Waals surface area contributed by atoms with Crippen LogP contribution in [0.4, 0.5) is 5.69 Å². The van der Waals surface area contributed by atoms with Gasteiger partial charge in [-0.3, -0.25) is 10.1 Å². The van der Waals surface area contributed by atoms with Gasteiger partial charge >= 0.3 is 0 Å². The summed E-state index contributed by atoms with van der Waals surface area (Å²) in [7, 11) is 0. The summed E-state index contributed by atoms with van der Waals surface area (Å²) in [5.41, 5.74) is 0.991. The minimum atomic E-state index is -0.348. The summed E-state index contributed by atoms with van der Waals surface area (Å²) in [6.07, 6.45) is 5.57. The van der Waals surface area contributed by atoms with Gasteiger partial charge in [-0.1, -0.05) is 6.07 Å². The molecule has 0 fully saturated rings. The van der Waals surface area contributed by atoms with Crippen molar-refractivity contribution in [1.29, 1.82) is 0 Å². The predicted molar refractivity (Wildman–Crippen MR) is 75.6 cm³/mol. The molecule has 102 valence electrons. The van der Waals surface area contributed by atoms with Crippen molar-refractivity contribution in [2.45, 2.75) is 20.0 Å². The second-order valence-corrected chi connectivity index (χ2v) is 4.54. The average Bonchev–Trinajstić information content (AvgIpc) is 3.06. The Labute approximate surface area is 115 Å². The summed E-state index contributed by atoms with van der Waals surface area (Å²) in [5, 5.41) is 11.7. The standard InChI is InChI=1S/C14H14N4O2/c1-2-16-9-7-15-14(16)10-17-8-6-11-12(17)4-3-5-13(11)18(19)20/h3-9H,2,10H2,1H3. The van der Waals surface area contributed by atoms with Gasteiger partial charge in [0, 0.05) is 31.2 Å². The maximum atomic E-state index is 11.0. The lowest BCUT2D eigenvalue weighted by Gasteiger charge is -2.07. The van der Waals surface area contributed by atoms with Gasteiger partial charge in [0.2, 0.25) is 0 Å². The number of nitro benzene ring substituents is 1. The number of fused-ring (bicyclic) bond motifs is 1. The van der Waals surface area contributed by atoms with E-state index in [0.717, 1.165) is 17.9 Å². The highest BCUT2D eigenvalue weighted by molar-refractivity contribution is 5.89. The molecule has 6 heteroatoms. The number of imidazole rings is 1. The highest BCUT2D eigenvalue weighted by Gasteiger charge is 2.14. The highest BCUT2D eigenvalue weighted by Crippen LogP contribution is 2.26. The maximum Gasteiger partial charge on any atom is 0.278 e. The SMILES string of the molecule is CCn1ccnc1Cn1ccc2c([N+](=O)[O-])cccc21. The van der Waals surface area contributed by atoms with E-state index in [9.17, 15) is 10.1 Å². The zero-order valence-electron chi connectivity index (χ0n) is 11.1. The Balaban J connectivity index is 2.05. The normalized spacial score (nSPS) is 11.1. The zero-order chi connectivity index (χ0) is 14.1. The number of non-ortho nitro benzene ring substituents is 1. The molecule has 6 nitrogen and oxygen atoms in total. The molecule has 0 aliphatic rings.